The van der Waals surface area contributed by atoms with Gasteiger partial charge in [-0.15, -0.1) is 0 Å². The van der Waals surface area contributed by atoms with Crippen LogP contribution in [0.1, 0.15) is 23.2 Å². The van der Waals surface area contributed by atoms with Crippen molar-refractivity contribution in [2.24, 2.45) is 5.73 Å². The molecular formula is C13H20N2O2. The van der Waals surface area contributed by atoms with Crippen molar-refractivity contribution in [1.29, 1.82) is 0 Å². The molecule has 0 saturated carbocycles. The number of nitrogens with two attached hydrogens (primary N) is 1. The van der Waals surface area contributed by atoms with Gasteiger partial charge in [-0.1, -0.05) is 0 Å². The fourth-order valence-electron chi connectivity index (χ4n) is 2.35. The first kappa shape index (κ1) is 12.3. The van der Waals surface area contributed by atoms with Gasteiger partial charge in [0.2, 0.25) is 0 Å². The summed E-state index contributed by atoms with van der Waals surface area (Å²) >= 11 is 0. The zero-order chi connectivity index (χ0) is 12.5. The molecule has 1 aliphatic heterocycles. The summed E-state index contributed by atoms with van der Waals surface area (Å²) < 4.78 is 10.8. The minimum atomic E-state index is -0.266. The first-order chi connectivity index (χ1) is 8.06. The summed E-state index contributed by atoms with van der Waals surface area (Å²) in [5.41, 5.74) is 9.18. The van der Waals surface area contributed by atoms with Crippen molar-refractivity contribution in [1.82, 2.24) is 4.98 Å². The highest BCUT2D eigenvalue weighted by Gasteiger charge is 2.32. The van der Waals surface area contributed by atoms with E-state index in [1.807, 2.05) is 20.0 Å². The number of methoxy groups -OCH3 is 1. The average molecular weight is 236 g/mol. The van der Waals surface area contributed by atoms with Crippen LogP contribution in [0.4, 0.5) is 0 Å². The second-order valence-corrected chi connectivity index (χ2v) is 4.89. The second-order valence-electron chi connectivity index (χ2n) is 4.89. The summed E-state index contributed by atoms with van der Waals surface area (Å²) in [6.07, 6.45) is 3.49. The highest BCUT2D eigenvalue weighted by molar-refractivity contribution is 5.41. The number of hydrogen-bond acceptors (Lipinski definition) is 4. The summed E-state index contributed by atoms with van der Waals surface area (Å²) in [4.78, 5) is 4.48. The van der Waals surface area contributed by atoms with E-state index in [1.54, 1.807) is 7.11 Å². The van der Waals surface area contributed by atoms with Crippen LogP contribution in [0.25, 0.3) is 0 Å². The van der Waals surface area contributed by atoms with Gasteiger partial charge in [-0.2, -0.15) is 0 Å². The second kappa shape index (κ2) is 4.63. The summed E-state index contributed by atoms with van der Waals surface area (Å²) in [7, 11) is 1.69. The molecule has 94 valence electrons. The predicted octanol–water partition coefficient (Wildman–Crippen LogP) is 1.37. The van der Waals surface area contributed by atoms with E-state index >= 15 is 0 Å². The molecule has 2 heterocycles. The van der Waals surface area contributed by atoms with E-state index in [0.717, 1.165) is 42.0 Å². The number of aromatic nitrogens is 1. The topological polar surface area (TPSA) is 57.4 Å². The van der Waals surface area contributed by atoms with Gasteiger partial charge in [0.15, 0.2) is 0 Å². The lowest BCUT2D eigenvalue weighted by Gasteiger charge is -2.23. The standard InChI is InChI=1S/C13H20N2O2/c1-9-7-15-11(10(2)12(9)16-3)6-13(14)4-5-17-8-13/h7H,4-6,8,14H2,1-3H3. The summed E-state index contributed by atoms with van der Waals surface area (Å²) in [5, 5.41) is 0. The molecule has 1 saturated heterocycles. The van der Waals surface area contributed by atoms with Crippen LogP contribution in [0.3, 0.4) is 0 Å². The lowest BCUT2D eigenvalue weighted by molar-refractivity contribution is 0.177. The Hall–Kier alpha value is -1.13. The molecule has 4 nitrogen and oxygen atoms in total. The van der Waals surface area contributed by atoms with Crippen LogP contribution in [0.15, 0.2) is 6.20 Å². The first-order valence-electron chi connectivity index (χ1n) is 5.91. The third kappa shape index (κ3) is 2.42. The van der Waals surface area contributed by atoms with Crippen LogP contribution >= 0.6 is 0 Å². The molecule has 0 amide bonds. The molecule has 0 radical (unpaired) electrons. The predicted molar refractivity (Wildman–Crippen MR) is 66.3 cm³/mol. The van der Waals surface area contributed by atoms with Gasteiger partial charge in [-0.3, -0.25) is 4.98 Å². The largest absolute Gasteiger partial charge is 0.496 e. The number of aryl methyl sites for hydroxylation is 1. The molecule has 1 aliphatic rings. The zero-order valence-electron chi connectivity index (χ0n) is 10.7. The number of pyridine rings is 1. The van der Waals surface area contributed by atoms with Crippen LogP contribution in [0, 0.1) is 13.8 Å². The molecule has 1 aromatic heterocycles. The molecule has 4 heteroatoms. The quantitative estimate of drug-likeness (QED) is 0.861. The third-order valence-corrected chi connectivity index (χ3v) is 3.40. The van der Waals surface area contributed by atoms with E-state index < -0.39 is 0 Å². The smallest absolute Gasteiger partial charge is 0.128 e. The van der Waals surface area contributed by atoms with Gasteiger partial charge >= 0.3 is 0 Å². The maximum Gasteiger partial charge on any atom is 0.128 e. The molecule has 0 spiro atoms. The molecule has 2 N–H and O–H groups in total. The molecular weight excluding hydrogens is 216 g/mol. The summed E-state index contributed by atoms with van der Waals surface area (Å²) in [5.74, 6) is 0.914. The van der Waals surface area contributed by atoms with Crippen LogP contribution < -0.4 is 10.5 Å². The van der Waals surface area contributed by atoms with Gasteiger partial charge in [0.05, 0.1) is 13.7 Å². The van der Waals surface area contributed by atoms with Crippen LogP contribution in [0.5, 0.6) is 5.75 Å². The lowest BCUT2D eigenvalue weighted by Crippen LogP contribution is -2.43. The molecule has 0 aromatic carbocycles. The summed E-state index contributed by atoms with van der Waals surface area (Å²) in [6, 6.07) is 0. The third-order valence-electron chi connectivity index (χ3n) is 3.40. The van der Waals surface area contributed by atoms with Crippen molar-refractivity contribution < 1.29 is 9.47 Å². The van der Waals surface area contributed by atoms with E-state index in [2.05, 4.69) is 4.98 Å². The van der Waals surface area contributed by atoms with E-state index in [0.29, 0.717) is 6.61 Å². The number of ether oxygens (including phenoxy) is 2. The highest BCUT2D eigenvalue weighted by Crippen LogP contribution is 2.28. The maximum absolute atomic E-state index is 6.28. The fourth-order valence-corrected chi connectivity index (χ4v) is 2.35. The Morgan fingerprint density at radius 1 is 1.53 bits per heavy atom. The number of nitrogens with zero attached hydrogens (tertiary/aromatic N) is 1. The van der Waals surface area contributed by atoms with Crippen molar-refractivity contribution >= 4 is 0 Å². The lowest BCUT2D eigenvalue weighted by atomic mass is 9.91. The Bertz CT molecular complexity index is 412. The maximum atomic E-state index is 6.28. The highest BCUT2D eigenvalue weighted by atomic mass is 16.5. The molecule has 0 aliphatic carbocycles. The molecule has 2 rings (SSSR count). The molecule has 0 bridgehead atoms. The van der Waals surface area contributed by atoms with Crippen molar-refractivity contribution in [3.63, 3.8) is 0 Å². The van der Waals surface area contributed by atoms with Gasteiger partial charge in [0, 0.05) is 41.6 Å². The Kier molecular flexibility index (Phi) is 3.35. The van der Waals surface area contributed by atoms with Gasteiger partial charge in [0.25, 0.3) is 0 Å². The minimum Gasteiger partial charge on any atom is -0.496 e. The van der Waals surface area contributed by atoms with E-state index in [4.69, 9.17) is 15.2 Å². The van der Waals surface area contributed by atoms with Crippen molar-refractivity contribution in [3.8, 4) is 5.75 Å². The van der Waals surface area contributed by atoms with Crippen molar-refractivity contribution in [2.75, 3.05) is 20.3 Å². The van der Waals surface area contributed by atoms with Gasteiger partial charge in [0.1, 0.15) is 5.75 Å². The zero-order valence-corrected chi connectivity index (χ0v) is 10.7. The van der Waals surface area contributed by atoms with Crippen molar-refractivity contribution in [3.05, 3.63) is 23.0 Å². The van der Waals surface area contributed by atoms with Gasteiger partial charge < -0.3 is 15.2 Å². The SMILES string of the molecule is COc1c(C)cnc(CC2(N)CCOC2)c1C. The minimum absolute atomic E-state index is 0.266. The van der Waals surface area contributed by atoms with Crippen LogP contribution in [-0.2, 0) is 11.2 Å². The Balaban J connectivity index is 2.27. The van der Waals surface area contributed by atoms with Crippen molar-refractivity contribution in [2.45, 2.75) is 32.2 Å². The first-order valence-corrected chi connectivity index (χ1v) is 5.91. The van der Waals surface area contributed by atoms with E-state index in [-0.39, 0.29) is 5.54 Å². The molecule has 1 unspecified atom stereocenters. The molecule has 1 atom stereocenters. The Labute approximate surface area is 102 Å². The van der Waals surface area contributed by atoms with Gasteiger partial charge in [-0.25, -0.2) is 0 Å². The normalized spacial score (nSPS) is 24.0. The molecule has 1 aromatic rings. The van der Waals surface area contributed by atoms with E-state index in [9.17, 15) is 0 Å². The Morgan fingerprint density at radius 3 is 2.88 bits per heavy atom. The molecule has 17 heavy (non-hydrogen) atoms. The van der Waals surface area contributed by atoms with Crippen LogP contribution in [0.2, 0.25) is 0 Å². The number of hydrogen-bond donors (Lipinski definition) is 1. The van der Waals surface area contributed by atoms with Gasteiger partial charge in [-0.05, 0) is 20.3 Å². The number of rotatable bonds is 3. The van der Waals surface area contributed by atoms with E-state index in [1.165, 1.54) is 0 Å². The monoisotopic (exact) mass is 236 g/mol. The van der Waals surface area contributed by atoms with Crippen LogP contribution in [-0.4, -0.2) is 30.8 Å². The molecule has 1 fully saturated rings. The summed E-state index contributed by atoms with van der Waals surface area (Å²) in [6.45, 7) is 5.40. The average Bonchev–Trinajstić information content (AvgIpc) is 2.71. The fraction of sp³-hybridized carbons (Fsp3) is 0.615. The Morgan fingerprint density at radius 2 is 2.29 bits per heavy atom.